The Hall–Kier alpha value is -1.31. The van der Waals surface area contributed by atoms with Crippen LogP contribution in [-0.2, 0) is 6.42 Å². The molecule has 2 rings (SSSR count). The zero-order valence-corrected chi connectivity index (χ0v) is 11.5. The van der Waals surface area contributed by atoms with E-state index in [2.05, 4.69) is 42.6 Å². The highest BCUT2D eigenvalue weighted by Gasteiger charge is 2.13. The molecule has 0 saturated heterocycles. The number of nitrogens with one attached hydrogen (secondary N) is 1. The molecule has 1 N–H and O–H groups in total. The second-order valence-electron chi connectivity index (χ2n) is 4.49. The van der Waals surface area contributed by atoms with Gasteiger partial charge in [-0.1, -0.05) is 54.1 Å². The third kappa shape index (κ3) is 2.92. The quantitative estimate of drug-likeness (QED) is 0.870. The van der Waals surface area contributed by atoms with Crippen molar-refractivity contribution < 1.29 is 0 Å². The van der Waals surface area contributed by atoms with Gasteiger partial charge in [0.15, 0.2) is 0 Å². The lowest BCUT2D eigenvalue weighted by atomic mass is 9.95. The Morgan fingerprint density at radius 3 is 2.39 bits per heavy atom. The molecular formula is C16H18ClN. The molecule has 0 aromatic heterocycles. The topological polar surface area (TPSA) is 12.0 Å². The maximum atomic E-state index is 6.22. The molecule has 0 radical (unpaired) electrons. The Bertz CT molecular complexity index is 522. The lowest BCUT2D eigenvalue weighted by molar-refractivity contribution is 0.589. The zero-order valence-electron chi connectivity index (χ0n) is 10.8. The van der Waals surface area contributed by atoms with Gasteiger partial charge < -0.3 is 5.32 Å². The van der Waals surface area contributed by atoms with Crippen LogP contribution in [0.1, 0.15) is 22.7 Å². The second-order valence-corrected chi connectivity index (χ2v) is 4.90. The monoisotopic (exact) mass is 259 g/mol. The van der Waals surface area contributed by atoms with Gasteiger partial charge in [-0.15, -0.1) is 0 Å². The molecule has 0 heterocycles. The Kier molecular flexibility index (Phi) is 4.40. The van der Waals surface area contributed by atoms with E-state index in [0.29, 0.717) is 6.04 Å². The lowest BCUT2D eigenvalue weighted by Gasteiger charge is -2.19. The van der Waals surface area contributed by atoms with Crippen molar-refractivity contribution in [1.82, 2.24) is 5.32 Å². The van der Waals surface area contributed by atoms with Crippen LogP contribution in [0, 0.1) is 6.92 Å². The first-order chi connectivity index (χ1) is 8.72. The number of hydrogen-bond donors (Lipinski definition) is 1. The SMILES string of the molecule is CNC(Cc1ccccc1Cl)c1ccccc1C. The van der Waals surface area contributed by atoms with Gasteiger partial charge in [0.05, 0.1) is 0 Å². The van der Waals surface area contributed by atoms with Crippen LogP contribution in [0.4, 0.5) is 0 Å². The van der Waals surface area contributed by atoms with Crippen LogP contribution in [0.2, 0.25) is 5.02 Å². The predicted octanol–water partition coefficient (Wildman–Crippen LogP) is 4.15. The number of halogens is 1. The van der Waals surface area contributed by atoms with Gasteiger partial charge in [0.25, 0.3) is 0 Å². The molecule has 1 nitrogen and oxygen atoms in total. The molecule has 2 heteroatoms. The van der Waals surface area contributed by atoms with Crippen LogP contribution in [0.5, 0.6) is 0 Å². The van der Waals surface area contributed by atoms with E-state index in [1.807, 2.05) is 25.2 Å². The zero-order chi connectivity index (χ0) is 13.0. The fourth-order valence-corrected chi connectivity index (χ4v) is 2.44. The molecule has 0 aliphatic carbocycles. The second kappa shape index (κ2) is 6.03. The lowest BCUT2D eigenvalue weighted by Crippen LogP contribution is -2.19. The highest BCUT2D eigenvalue weighted by atomic mass is 35.5. The fraction of sp³-hybridized carbons (Fsp3) is 0.250. The molecule has 0 bridgehead atoms. The highest BCUT2D eigenvalue weighted by Crippen LogP contribution is 2.24. The summed E-state index contributed by atoms with van der Waals surface area (Å²) in [6, 6.07) is 16.8. The van der Waals surface area contributed by atoms with Crippen molar-refractivity contribution >= 4 is 11.6 Å². The van der Waals surface area contributed by atoms with E-state index in [-0.39, 0.29) is 0 Å². The third-order valence-electron chi connectivity index (χ3n) is 3.29. The van der Waals surface area contributed by atoms with Crippen molar-refractivity contribution in [3.05, 3.63) is 70.2 Å². The minimum atomic E-state index is 0.297. The minimum Gasteiger partial charge on any atom is -0.313 e. The van der Waals surface area contributed by atoms with Crippen LogP contribution in [0.25, 0.3) is 0 Å². The summed E-state index contributed by atoms with van der Waals surface area (Å²) in [5.74, 6) is 0. The molecule has 0 fully saturated rings. The van der Waals surface area contributed by atoms with Crippen LogP contribution in [0.15, 0.2) is 48.5 Å². The van der Waals surface area contributed by atoms with E-state index in [4.69, 9.17) is 11.6 Å². The van der Waals surface area contributed by atoms with Gasteiger partial charge >= 0.3 is 0 Å². The first kappa shape index (κ1) is 13.1. The standard InChI is InChI=1S/C16H18ClN/c1-12-7-3-5-9-14(12)16(18-2)11-13-8-4-6-10-15(13)17/h3-10,16,18H,11H2,1-2H3. The largest absolute Gasteiger partial charge is 0.313 e. The van der Waals surface area contributed by atoms with Gasteiger partial charge in [-0.2, -0.15) is 0 Å². The van der Waals surface area contributed by atoms with E-state index in [9.17, 15) is 0 Å². The summed E-state index contributed by atoms with van der Waals surface area (Å²) in [5.41, 5.74) is 3.82. The van der Waals surface area contributed by atoms with Crippen LogP contribution in [0.3, 0.4) is 0 Å². The van der Waals surface area contributed by atoms with E-state index < -0.39 is 0 Å². The molecule has 1 unspecified atom stereocenters. The van der Waals surface area contributed by atoms with Crippen LogP contribution >= 0.6 is 11.6 Å². The Morgan fingerprint density at radius 2 is 1.72 bits per heavy atom. The summed E-state index contributed by atoms with van der Waals surface area (Å²) in [7, 11) is 1.99. The average Bonchev–Trinajstić information content (AvgIpc) is 2.39. The number of hydrogen-bond acceptors (Lipinski definition) is 1. The van der Waals surface area contributed by atoms with Gasteiger partial charge in [0, 0.05) is 11.1 Å². The molecule has 2 aromatic carbocycles. The Balaban J connectivity index is 2.26. The molecule has 0 saturated carbocycles. The molecule has 94 valence electrons. The summed E-state index contributed by atoms with van der Waals surface area (Å²) in [4.78, 5) is 0. The van der Waals surface area contributed by atoms with Crippen LogP contribution < -0.4 is 5.32 Å². The third-order valence-corrected chi connectivity index (χ3v) is 3.66. The van der Waals surface area contributed by atoms with Gasteiger partial charge in [0.1, 0.15) is 0 Å². The van der Waals surface area contributed by atoms with Gasteiger partial charge in [-0.25, -0.2) is 0 Å². The van der Waals surface area contributed by atoms with Gasteiger partial charge in [-0.3, -0.25) is 0 Å². The summed E-state index contributed by atoms with van der Waals surface area (Å²) >= 11 is 6.22. The number of aryl methyl sites for hydroxylation is 1. The van der Waals surface area contributed by atoms with Gasteiger partial charge in [-0.05, 0) is 43.1 Å². The molecule has 0 aliphatic rings. The van der Waals surface area contributed by atoms with E-state index in [1.54, 1.807) is 0 Å². The van der Waals surface area contributed by atoms with Crippen molar-refractivity contribution in [2.75, 3.05) is 7.05 Å². The molecule has 1 atom stereocenters. The number of likely N-dealkylation sites (N-methyl/N-ethyl adjacent to an activating group) is 1. The van der Waals surface area contributed by atoms with Crippen molar-refractivity contribution in [3.8, 4) is 0 Å². The first-order valence-electron chi connectivity index (χ1n) is 6.18. The summed E-state index contributed by atoms with van der Waals surface area (Å²) < 4.78 is 0. The molecule has 0 aliphatic heterocycles. The van der Waals surface area contributed by atoms with E-state index >= 15 is 0 Å². The fourth-order valence-electron chi connectivity index (χ4n) is 2.23. The maximum absolute atomic E-state index is 6.22. The Labute approximate surface area is 114 Å². The summed E-state index contributed by atoms with van der Waals surface area (Å²) in [6.07, 6.45) is 0.904. The van der Waals surface area contributed by atoms with Crippen molar-refractivity contribution in [1.29, 1.82) is 0 Å². The number of rotatable bonds is 4. The average molecular weight is 260 g/mol. The molecular weight excluding hydrogens is 242 g/mol. The highest BCUT2D eigenvalue weighted by molar-refractivity contribution is 6.31. The summed E-state index contributed by atoms with van der Waals surface area (Å²) in [5, 5.41) is 4.22. The minimum absolute atomic E-state index is 0.297. The normalized spacial score (nSPS) is 12.4. The molecule has 0 spiro atoms. The predicted molar refractivity (Wildman–Crippen MR) is 78.1 cm³/mol. The maximum Gasteiger partial charge on any atom is 0.0438 e. The summed E-state index contributed by atoms with van der Waals surface area (Å²) in [6.45, 7) is 2.15. The van der Waals surface area contributed by atoms with Crippen molar-refractivity contribution in [2.24, 2.45) is 0 Å². The smallest absolute Gasteiger partial charge is 0.0438 e. The van der Waals surface area contributed by atoms with Crippen molar-refractivity contribution in [3.63, 3.8) is 0 Å². The first-order valence-corrected chi connectivity index (χ1v) is 6.56. The van der Waals surface area contributed by atoms with Gasteiger partial charge in [0.2, 0.25) is 0 Å². The van der Waals surface area contributed by atoms with E-state index in [1.165, 1.54) is 16.7 Å². The Morgan fingerprint density at radius 1 is 1.06 bits per heavy atom. The van der Waals surface area contributed by atoms with E-state index in [0.717, 1.165) is 11.4 Å². The molecule has 0 amide bonds. The molecule has 18 heavy (non-hydrogen) atoms. The number of benzene rings is 2. The van der Waals surface area contributed by atoms with Crippen molar-refractivity contribution in [2.45, 2.75) is 19.4 Å². The van der Waals surface area contributed by atoms with Crippen LogP contribution in [-0.4, -0.2) is 7.05 Å². The molecule has 2 aromatic rings.